The van der Waals surface area contributed by atoms with Crippen LogP contribution in [0.1, 0.15) is 26.7 Å². The average molecular weight is 314 g/mol. The van der Waals surface area contributed by atoms with Crippen LogP contribution in [0.15, 0.2) is 0 Å². The SMILES string of the molecule is CC.CP(O)SN1CCC(O)CC1.[Y]. The molecule has 83 valence electrons. The molecule has 0 amide bonds. The van der Waals surface area contributed by atoms with E-state index in [1.807, 2.05) is 20.5 Å². The Labute approximate surface area is 118 Å². The minimum Gasteiger partial charge on any atom is -0.393 e. The molecule has 1 aliphatic heterocycles. The molecular formula is C8H20NO2PSY. The van der Waals surface area contributed by atoms with Crippen molar-refractivity contribution in [3.05, 3.63) is 0 Å². The quantitative estimate of drug-likeness (QED) is 0.605. The Balaban J connectivity index is 0. The van der Waals surface area contributed by atoms with Crippen molar-refractivity contribution in [1.82, 2.24) is 4.31 Å². The van der Waals surface area contributed by atoms with Crippen LogP contribution in [0, 0.1) is 0 Å². The van der Waals surface area contributed by atoms with Crippen LogP contribution in [-0.4, -0.2) is 40.2 Å². The fraction of sp³-hybridized carbons (Fsp3) is 1.00. The number of hydrogen-bond donors (Lipinski definition) is 2. The predicted molar refractivity (Wildman–Crippen MR) is 60.8 cm³/mol. The molecule has 0 aromatic rings. The van der Waals surface area contributed by atoms with E-state index in [2.05, 4.69) is 4.31 Å². The van der Waals surface area contributed by atoms with Gasteiger partial charge in [0.15, 0.2) is 0 Å². The molecule has 0 bridgehead atoms. The van der Waals surface area contributed by atoms with Gasteiger partial charge in [-0.15, -0.1) is 0 Å². The van der Waals surface area contributed by atoms with Crippen LogP contribution in [0.3, 0.4) is 0 Å². The van der Waals surface area contributed by atoms with E-state index in [0.717, 1.165) is 25.9 Å². The number of rotatable bonds is 2. The van der Waals surface area contributed by atoms with Crippen LogP contribution in [0.2, 0.25) is 0 Å². The molecule has 2 N–H and O–H groups in total. The molecule has 1 atom stereocenters. The predicted octanol–water partition coefficient (Wildman–Crippen LogP) is 2.05. The van der Waals surface area contributed by atoms with Gasteiger partial charge in [-0.2, -0.15) is 0 Å². The molecule has 1 unspecified atom stereocenters. The maximum atomic E-state index is 9.17. The summed E-state index contributed by atoms with van der Waals surface area (Å²) in [6.07, 6.45) is 1.57. The smallest absolute Gasteiger partial charge is 0.0973 e. The van der Waals surface area contributed by atoms with Crippen molar-refractivity contribution in [3.63, 3.8) is 0 Å². The standard InChI is InChI=1S/C6H14NO2PS.C2H6.Y/c1-10(9)11-7-4-2-6(8)3-5-7;1-2;/h6,8-9H,2-5H2,1H3;1-2H3;. The molecule has 1 heterocycles. The van der Waals surface area contributed by atoms with Crippen LogP contribution in [-0.2, 0) is 32.7 Å². The van der Waals surface area contributed by atoms with E-state index in [1.54, 1.807) is 0 Å². The summed E-state index contributed by atoms with van der Waals surface area (Å²) in [5.41, 5.74) is 0. The molecule has 0 saturated carbocycles. The zero-order valence-corrected chi connectivity index (χ0v) is 13.7. The van der Waals surface area contributed by atoms with Crippen LogP contribution < -0.4 is 0 Å². The minimum absolute atomic E-state index is 0. The summed E-state index contributed by atoms with van der Waals surface area (Å²) < 4.78 is 2.14. The fourth-order valence-electron chi connectivity index (χ4n) is 1.09. The number of piperidine rings is 1. The first-order valence-corrected chi connectivity index (χ1v) is 7.84. The molecule has 0 aromatic carbocycles. The third kappa shape index (κ3) is 9.02. The first-order chi connectivity index (χ1) is 6.18. The monoisotopic (exact) mass is 314 g/mol. The summed E-state index contributed by atoms with van der Waals surface area (Å²) in [5.74, 6) is 0. The molecule has 0 aromatic heterocycles. The van der Waals surface area contributed by atoms with Crippen LogP contribution in [0.25, 0.3) is 0 Å². The molecule has 1 rings (SSSR count). The average Bonchev–Trinajstić information content (AvgIpc) is 2.12. The Hall–Kier alpha value is 1.76. The van der Waals surface area contributed by atoms with E-state index in [-0.39, 0.29) is 38.8 Å². The van der Waals surface area contributed by atoms with Gasteiger partial charge in [0, 0.05) is 45.8 Å². The van der Waals surface area contributed by atoms with Gasteiger partial charge in [0.2, 0.25) is 0 Å². The summed E-state index contributed by atoms with van der Waals surface area (Å²) in [6, 6.07) is 0. The van der Waals surface area contributed by atoms with Gasteiger partial charge in [0.05, 0.1) is 13.5 Å². The van der Waals surface area contributed by atoms with Crippen molar-refractivity contribution in [3.8, 4) is 0 Å². The van der Waals surface area contributed by atoms with Gasteiger partial charge in [-0.1, -0.05) is 13.8 Å². The molecule has 3 nitrogen and oxygen atoms in total. The maximum Gasteiger partial charge on any atom is 0.0973 e. The molecule has 6 heteroatoms. The van der Waals surface area contributed by atoms with Gasteiger partial charge in [-0.25, -0.2) is 4.31 Å². The number of aliphatic hydroxyl groups excluding tert-OH is 1. The molecule has 1 fully saturated rings. The normalized spacial score (nSPS) is 20.4. The van der Waals surface area contributed by atoms with Crippen LogP contribution in [0.5, 0.6) is 0 Å². The second kappa shape index (κ2) is 11.3. The molecule has 0 aliphatic carbocycles. The Morgan fingerprint density at radius 2 is 1.71 bits per heavy atom. The molecule has 1 aliphatic rings. The zero-order valence-electron chi connectivity index (χ0n) is 9.18. The molecule has 14 heavy (non-hydrogen) atoms. The largest absolute Gasteiger partial charge is 0.393 e. The van der Waals surface area contributed by atoms with Crippen LogP contribution in [0.4, 0.5) is 0 Å². The van der Waals surface area contributed by atoms with E-state index in [1.165, 1.54) is 11.6 Å². The van der Waals surface area contributed by atoms with Crippen LogP contribution >= 0.6 is 18.9 Å². The van der Waals surface area contributed by atoms with E-state index >= 15 is 0 Å². The number of aliphatic hydroxyl groups is 1. The Morgan fingerprint density at radius 1 is 1.29 bits per heavy atom. The Morgan fingerprint density at radius 3 is 2.07 bits per heavy atom. The van der Waals surface area contributed by atoms with E-state index < -0.39 is 7.35 Å². The summed E-state index contributed by atoms with van der Waals surface area (Å²) >= 11 is 1.52. The van der Waals surface area contributed by atoms with Gasteiger partial charge in [0.25, 0.3) is 0 Å². The van der Waals surface area contributed by atoms with Crippen molar-refractivity contribution in [2.75, 3.05) is 19.8 Å². The summed E-state index contributed by atoms with van der Waals surface area (Å²) in [7, 11) is -0.877. The zero-order chi connectivity index (χ0) is 10.3. The van der Waals surface area contributed by atoms with Crippen molar-refractivity contribution in [1.29, 1.82) is 0 Å². The van der Waals surface area contributed by atoms with Gasteiger partial charge in [-0.3, -0.25) is 0 Å². The minimum atomic E-state index is -0.877. The fourth-order valence-corrected chi connectivity index (χ4v) is 3.29. The van der Waals surface area contributed by atoms with Crippen molar-refractivity contribution < 1.29 is 42.7 Å². The summed E-state index contributed by atoms with van der Waals surface area (Å²) in [4.78, 5) is 9.09. The van der Waals surface area contributed by atoms with Gasteiger partial charge in [0.1, 0.15) is 0 Å². The summed E-state index contributed by atoms with van der Waals surface area (Å²) in [5, 5.41) is 9.17. The van der Waals surface area contributed by atoms with Crippen molar-refractivity contribution in [2.24, 2.45) is 0 Å². The number of hydrogen-bond acceptors (Lipinski definition) is 4. The molecule has 0 spiro atoms. The third-order valence-electron chi connectivity index (χ3n) is 1.66. The Kier molecular flexibility index (Phi) is 14.6. The summed E-state index contributed by atoms with van der Waals surface area (Å²) in [6.45, 7) is 7.63. The first-order valence-electron chi connectivity index (χ1n) is 4.72. The second-order valence-corrected chi connectivity index (χ2v) is 6.39. The topological polar surface area (TPSA) is 43.7 Å². The van der Waals surface area contributed by atoms with Gasteiger partial charge >= 0.3 is 0 Å². The first kappa shape index (κ1) is 18.1. The van der Waals surface area contributed by atoms with Crippen molar-refractivity contribution in [2.45, 2.75) is 32.8 Å². The van der Waals surface area contributed by atoms with Gasteiger partial charge in [-0.05, 0) is 31.1 Å². The van der Waals surface area contributed by atoms with E-state index in [4.69, 9.17) is 10.00 Å². The molecule has 1 radical (unpaired) electrons. The molecular weight excluding hydrogens is 294 g/mol. The van der Waals surface area contributed by atoms with Gasteiger partial charge < -0.3 is 10.00 Å². The molecule has 1 saturated heterocycles. The third-order valence-corrected chi connectivity index (χ3v) is 3.89. The second-order valence-electron chi connectivity index (χ2n) is 2.71. The Bertz CT molecular complexity index is 124. The maximum absolute atomic E-state index is 9.17. The van der Waals surface area contributed by atoms with Crippen molar-refractivity contribution >= 4 is 18.9 Å². The van der Waals surface area contributed by atoms with E-state index in [0.29, 0.717) is 0 Å². The van der Waals surface area contributed by atoms with E-state index in [9.17, 15) is 0 Å². The number of nitrogens with zero attached hydrogens (tertiary/aromatic N) is 1.